The van der Waals surface area contributed by atoms with Crippen molar-refractivity contribution < 1.29 is 32.8 Å². The van der Waals surface area contributed by atoms with Gasteiger partial charge in [0.2, 0.25) is 5.91 Å². The van der Waals surface area contributed by atoms with E-state index in [0.717, 1.165) is 6.07 Å². The van der Waals surface area contributed by atoms with Crippen molar-refractivity contribution >= 4 is 38.5 Å². The first-order valence-corrected chi connectivity index (χ1v) is 8.38. The van der Waals surface area contributed by atoms with Gasteiger partial charge in [-0.3, -0.25) is 14.1 Å². The van der Waals surface area contributed by atoms with Gasteiger partial charge >= 0.3 is 5.97 Å². The van der Waals surface area contributed by atoms with E-state index in [4.69, 9.17) is 5.11 Å². The third kappa shape index (κ3) is 4.00. The number of nitrogens with one attached hydrogen (secondary N) is 1. The summed E-state index contributed by atoms with van der Waals surface area (Å²) in [5.74, 6) is -2.06. The Kier molecular flexibility index (Phi) is 5.05. The molecule has 0 aliphatic rings. The molecule has 0 unspecified atom stereocenters. The van der Waals surface area contributed by atoms with E-state index in [0.29, 0.717) is 0 Å². The first kappa shape index (κ1) is 17.7. The molecule has 128 valence electrons. The van der Waals surface area contributed by atoms with Crippen LogP contribution in [0.3, 0.4) is 0 Å². The number of carboxylic acid groups (broad SMARTS) is 1. The number of carbonyl (C=O) groups is 2. The van der Waals surface area contributed by atoms with Crippen molar-refractivity contribution in [1.29, 1.82) is 0 Å². The summed E-state index contributed by atoms with van der Waals surface area (Å²) in [4.78, 5) is 21.9. The third-order valence-corrected chi connectivity index (χ3v) is 4.22. The zero-order chi connectivity index (χ0) is 17.9. The molecule has 0 aromatic heterocycles. The highest BCUT2D eigenvalue weighted by atomic mass is 32.2. The number of amides is 1. The van der Waals surface area contributed by atoms with Crippen LogP contribution in [0.15, 0.2) is 35.2 Å². The lowest BCUT2D eigenvalue weighted by Crippen LogP contribution is -2.13. The number of phenolic OH excluding ortho intramolecular Hbond substituents is 1. The van der Waals surface area contributed by atoms with Crippen molar-refractivity contribution in [3.63, 3.8) is 0 Å². The molecule has 0 saturated carbocycles. The molecule has 0 spiro atoms. The Balaban J connectivity index is 2.40. The fourth-order valence-corrected chi connectivity index (χ4v) is 2.99. The lowest BCUT2D eigenvalue weighted by Gasteiger charge is -2.13. The van der Waals surface area contributed by atoms with Gasteiger partial charge in [-0.15, -0.1) is 0 Å². The topological polar surface area (TPSA) is 141 Å². The number of phenols is 1. The number of carbonyl (C=O) groups excluding carboxylic acids is 1. The Morgan fingerprint density at radius 2 is 1.71 bits per heavy atom. The average Bonchev–Trinajstić information content (AvgIpc) is 2.48. The summed E-state index contributed by atoms with van der Waals surface area (Å²) in [6.45, 7) is 0. The predicted octanol–water partition coefficient (Wildman–Crippen LogP) is 1.99. The molecule has 0 atom stereocenters. The molecular weight excluding hydrogens is 338 g/mol. The summed E-state index contributed by atoms with van der Waals surface area (Å²) in [7, 11) is -4.56. The fourth-order valence-electron chi connectivity index (χ4n) is 2.27. The lowest BCUT2D eigenvalue weighted by molar-refractivity contribution is -0.137. The number of carboxylic acids is 1. The summed E-state index contributed by atoms with van der Waals surface area (Å²) in [6.07, 6.45) is -0.106. The Morgan fingerprint density at radius 1 is 1.08 bits per heavy atom. The Bertz CT molecular complexity index is 905. The number of anilines is 1. The predicted molar refractivity (Wildman–Crippen MR) is 85.5 cm³/mol. The molecule has 0 bridgehead atoms. The van der Waals surface area contributed by atoms with E-state index in [1.165, 1.54) is 12.1 Å². The summed E-state index contributed by atoms with van der Waals surface area (Å²) in [6, 6.07) is 6.89. The first-order chi connectivity index (χ1) is 11.2. The first-order valence-electron chi connectivity index (χ1n) is 6.94. The highest BCUT2D eigenvalue weighted by molar-refractivity contribution is 7.86. The largest absolute Gasteiger partial charge is 0.506 e. The van der Waals surface area contributed by atoms with Crippen LogP contribution in [0.1, 0.15) is 19.3 Å². The van der Waals surface area contributed by atoms with Gasteiger partial charge in [0.1, 0.15) is 10.6 Å². The Hall–Kier alpha value is -2.65. The molecule has 9 heteroatoms. The number of aliphatic carboxylic acids is 1. The molecule has 2 aromatic rings. The van der Waals surface area contributed by atoms with Crippen LogP contribution >= 0.6 is 0 Å². The molecule has 4 N–H and O–H groups in total. The van der Waals surface area contributed by atoms with Crippen molar-refractivity contribution in [2.45, 2.75) is 24.2 Å². The van der Waals surface area contributed by atoms with Crippen LogP contribution in [0.4, 0.5) is 5.69 Å². The summed E-state index contributed by atoms with van der Waals surface area (Å²) < 4.78 is 32.1. The number of fused-ring (bicyclic) bond motifs is 1. The van der Waals surface area contributed by atoms with Gasteiger partial charge in [0.15, 0.2) is 0 Å². The minimum atomic E-state index is -4.56. The van der Waals surface area contributed by atoms with E-state index < -0.39 is 32.6 Å². The van der Waals surface area contributed by atoms with Gasteiger partial charge in [-0.25, -0.2) is 0 Å². The number of rotatable bonds is 6. The second-order valence-corrected chi connectivity index (χ2v) is 6.47. The van der Waals surface area contributed by atoms with Crippen LogP contribution in [-0.2, 0) is 19.7 Å². The van der Waals surface area contributed by atoms with E-state index in [2.05, 4.69) is 5.32 Å². The standard InChI is InChI=1S/C15H15NO7S/c17-11-8-12(24(21,22)23)9-4-1-2-5-10(9)15(11)16-13(18)6-3-7-14(19)20/h1-2,4-5,8,17H,3,6-7H2,(H,16,18)(H,19,20)(H,21,22,23). The maximum Gasteiger partial charge on any atom is 0.303 e. The Labute approximate surface area is 137 Å². The second-order valence-electron chi connectivity index (χ2n) is 5.08. The normalized spacial score (nSPS) is 11.4. The van der Waals surface area contributed by atoms with Crippen LogP contribution in [0.5, 0.6) is 5.75 Å². The molecule has 2 aromatic carbocycles. The third-order valence-electron chi connectivity index (χ3n) is 3.32. The molecule has 0 fully saturated rings. The van der Waals surface area contributed by atoms with E-state index >= 15 is 0 Å². The van der Waals surface area contributed by atoms with E-state index in [-0.39, 0.29) is 35.7 Å². The van der Waals surface area contributed by atoms with Gasteiger partial charge in [0.25, 0.3) is 10.1 Å². The SMILES string of the molecule is O=C(O)CCCC(=O)Nc1c(O)cc(S(=O)(=O)O)c2ccccc12. The summed E-state index contributed by atoms with van der Waals surface area (Å²) in [5, 5.41) is 21.4. The number of hydrogen-bond donors (Lipinski definition) is 4. The van der Waals surface area contributed by atoms with Gasteiger partial charge < -0.3 is 15.5 Å². The van der Waals surface area contributed by atoms with Crippen molar-refractivity contribution in [2.24, 2.45) is 0 Å². The second kappa shape index (κ2) is 6.85. The van der Waals surface area contributed by atoms with Gasteiger partial charge in [-0.05, 0) is 6.42 Å². The molecule has 24 heavy (non-hydrogen) atoms. The number of benzene rings is 2. The maximum atomic E-state index is 11.9. The van der Waals surface area contributed by atoms with Crippen LogP contribution in [-0.4, -0.2) is 35.1 Å². The van der Waals surface area contributed by atoms with E-state index in [1.54, 1.807) is 12.1 Å². The van der Waals surface area contributed by atoms with Crippen LogP contribution in [0, 0.1) is 0 Å². The minimum Gasteiger partial charge on any atom is -0.506 e. The lowest BCUT2D eigenvalue weighted by atomic mass is 10.1. The van der Waals surface area contributed by atoms with Gasteiger partial charge in [-0.2, -0.15) is 8.42 Å². The molecular formula is C15H15NO7S. The number of aromatic hydroxyl groups is 1. The van der Waals surface area contributed by atoms with Crippen LogP contribution in [0.25, 0.3) is 10.8 Å². The van der Waals surface area contributed by atoms with E-state index in [1.807, 2.05) is 0 Å². The highest BCUT2D eigenvalue weighted by Gasteiger charge is 2.20. The van der Waals surface area contributed by atoms with Crippen molar-refractivity contribution in [3.8, 4) is 5.75 Å². The molecule has 0 aliphatic carbocycles. The fraction of sp³-hybridized carbons (Fsp3) is 0.200. The Morgan fingerprint density at radius 3 is 2.29 bits per heavy atom. The van der Waals surface area contributed by atoms with Gasteiger partial charge in [0.05, 0.1) is 5.69 Å². The quantitative estimate of drug-likeness (QED) is 0.459. The average molecular weight is 353 g/mol. The minimum absolute atomic E-state index is 0.00155. The number of hydrogen-bond acceptors (Lipinski definition) is 5. The molecule has 0 radical (unpaired) electrons. The smallest absolute Gasteiger partial charge is 0.303 e. The van der Waals surface area contributed by atoms with Crippen molar-refractivity contribution in [1.82, 2.24) is 0 Å². The molecule has 8 nitrogen and oxygen atoms in total. The van der Waals surface area contributed by atoms with Crippen LogP contribution in [0.2, 0.25) is 0 Å². The molecule has 2 rings (SSSR count). The van der Waals surface area contributed by atoms with E-state index in [9.17, 15) is 27.7 Å². The molecule has 0 aliphatic heterocycles. The summed E-state index contributed by atoms with van der Waals surface area (Å²) in [5.41, 5.74) is -0.00155. The molecule has 0 heterocycles. The zero-order valence-electron chi connectivity index (χ0n) is 12.4. The maximum absolute atomic E-state index is 11.9. The van der Waals surface area contributed by atoms with Crippen molar-refractivity contribution in [2.75, 3.05) is 5.32 Å². The molecule has 0 saturated heterocycles. The zero-order valence-corrected chi connectivity index (χ0v) is 13.2. The van der Waals surface area contributed by atoms with Crippen molar-refractivity contribution in [3.05, 3.63) is 30.3 Å². The van der Waals surface area contributed by atoms with Crippen LogP contribution < -0.4 is 5.32 Å². The monoisotopic (exact) mass is 353 g/mol. The van der Waals surface area contributed by atoms with Gasteiger partial charge in [0, 0.05) is 29.7 Å². The van der Waals surface area contributed by atoms with Gasteiger partial charge in [-0.1, -0.05) is 24.3 Å². The highest BCUT2D eigenvalue weighted by Crippen LogP contribution is 2.37. The summed E-state index contributed by atoms with van der Waals surface area (Å²) >= 11 is 0. The molecule has 1 amide bonds.